The van der Waals surface area contributed by atoms with Crippen LogP contribution in [0.5, 0.6) is 0 Å². The molecule has 1 amide bonds. The van der Waals surface area contributed by atoms with Crippen LogP contribution in [-0.2, 0) is 4.79 Å². The number of rotatable bonds is 3. The van der Waals surface area contributed by atoms with Crippen molar-refractivity contribution in [3.8, 4) is 0 Å². The van der Waals surface area contributed by atoms with Crippen molar-refractivity contribution in [2.24, 2.45) is 0 Å². The maximum absolute atomic E-state index is 13.1. The molecule has 0 aliphatic rings. The van der Waals surface area contributed by atoms with Crippen LogP contribution in [0, 0.1) is 12.7 Å². The molecule has 0 unspecified atom stereocenters. The molecule has 0 saturated carbocycles. The molecule has 0 aromatic heterocycles. The van der Waals surface area contributed by atoms with Crippen LogP contribution < -0.4 is 5.32 Å². The highest BCUT2D eigenvalue weighted by molar-refractivity contribution is 5.96. The molecule has 5 heteroatoms. The number of hydrogen-bond donors (Lipinski definition) is 2. The predicted molar refractivity (Wildman–Crippen MR) is 55.7 cm³/mol. The van der Waals surface area contributed by atoms with E-state index in [0.717, 1.165) is 6.07 Å². The van der Waals surface area contributed by atoms with E-state index in [1.54, 1.807) is 6.92 Å². The van der Waals surface area contributed by atoms with Gasteiger partial charge in [-0.25, -0.2) is 4.39 Å². The lowest BCUT2D eigenvalue weighted by molar-refractivity contribution is -0.138. The molecule has 1 aromatic carbocycles. The van der Waals surface area contributed by atoms with Crippen molar-refractivity contribution in [2.45, 2.75) is 19.9 Å². The van der Waals surface area contributed by atoms with E-state index in [1.165, 1.54) is 19.1 Å². The fraction of sp³-hybridized carbons (Fsp3) is 0.273. The third-order valence-corrected chi connectivity index (χ3v) is 2.15. The van der Waals surface area contributed by atoms with Crippen LogP contribution in [0.1, 0.15) is 22.8 Å². The minimum Gasteiger partial charge on any atom is -0.480 e. The number of carbonyl (C=O) groups is 2. The first-order chi connectivity index (χ1) is 7.41. The van der Waals surface area contributed by atoms with Crippen molar-refractivity contribution in [2.75, 3.05) is 0 Å². The summed E-state index contributed by atoms with van der Waals surface area (Å²) in [6.07, 6.45) is 0. The number of carboxylic acids is 1. The molecule has 0 aliphatic heterocycles. The Hall–Kier alpha value is -1.91. The van der Waals surface area contributed by atoms with Crippen molar-refractivity contribution < 1.29 is 19.1 Å². The molecule has 16 heavy (non-hydrogen) atoms. The van der Waals surface area contributed by atoms with E-state index in [1.807, 2.05) is 0 Å². The minimum absolute atomic E-state index is 0.108. The number of hydrogen-bond acceptors (Lipinski definition) is 2. The fourth-order valence-corrected chi connectivity index (χ4v) is 1.08. The monoisotopic (exact) mass is 225 g/mol. The topological polar surface area (TPSA) is 66.4 Å². The number of nitrogens with one attached hydrogen (secondary N) is 1. The lowest BCUT2D eigenvalue weighted by Crippen LogP contribution is -2.38. The highest BCUT2D eigenvalue weighted by atomic mass is 19.1. The van der Waals surface area contributed by atoms with Gasteiger partial charge in [-0.1, -0.05) is 6.07 Å². The molecule has 4 nitrogen and oxygen atoms in total. The normalized spacial score (nSPS) is 11.9. The Balaban J connectivity index is 2.81. The van der Waals surface area contributed by atoms with Gasteiger partial charge in [-0.05, 0) is 31.5 Å². The van der Waals surface area contributed by atoms with Crippen LogP contribution in [-0.4, -0.2) is 23.0 Å². The van der Waals surface area contributed by atoms with Gasteiger partial charge in [0, 0.05) is 5.56 Å². The van der Waals surface area contributed by atoms with Gasteiger partial charge in [-0.2, -0.15) is 0 Å². The first-order valence-corrected chi connectivity index (χ1v) is 4.71. The van der Waals surface area contributed by atoms with Gasteiger partial charge in [-0.3, -0.25) is 9.59 Å². The maximum atomic E-state index is 13.1. The van der Waals surface area contributed by atoms with E-state index in [4.69, 9.17) is 5.11 Å². The number of aliphatic carboxylic acids is 1. The van der Waals surface area contributed by atoms with E-state index in [0.29, 0.717) is 5.56 Å². The molecule has 0 saturated heterocycles. The molecule has 1 atom stereocenters. The molecule has 86 valence electrons. The summed E-state index contributed by atoms with van der Waals surface area (Å²) >= 11 is 0. The second-order valence-electron chi connectivity index (χ2n) is 3.50. The lowest BCUT2D eigenvalue weighted by atomic mass is 10.1. The van der Waals surface area contributed by atoms with E-state index < -0.39 is 23.7 Å². The summed E-state index contributed by atoms with van der Waals surface area (Å²) in [4.78, 5) is 22.0. The third kappa shape index (κ3) is 2.79. The molecule has 0 bridgehead atoms. The zero-order chi connectivity index (χ0) is 12.3. The van der Waals surface area contributed by atoms with Gasteiger partial charge in [0.25, 0.3) is 5.91 Å². The second-order valence-corrected chi connectivity index (χ2v) is 3.50. The SMILES string of the molecule is Cc1ccc(C(=O)N[C@@H](C)C(=O)O)cc1F. The van der Waals surface area contributed by atoms with Crippen molar-refractivity contribution >= 4 is 11.9 Å². The van der Waals surface area contributed by atoms with Crippen molar-refractivity contribution in [1.29, 1.82) is 0 Å². The largest absolute Gasteiger partial charge is 0.480 e. The summed E-state index contributed by atoms with van der Waals surface area (Å²) in [5.41, 5.74) is 0.541. The third-order valence-electron chi connectivity index (χ3n) is 2.15. The summed E-state index contributed by atoms with van der Waals surface area (Å²) in [7, 11) is 0. The van der Waals surface area contributed by atoms with Crippen molar-refractivity contribution in [3.05, 3.63) is 35.1 Å². The lowest BCUT2D eigenvalue weighted by Gasteiger charge is -2.09. The first kappa shape index (κ1) is 12.2. The molecular formula is C11H12FNO3. The van der Waals surface area contributed by atoms with Crippen LogP contribution in [0.15, 0.2) is 18.2 Å². The molecule has 0 heterocycles. The number of amides is 1. The number of benzene rings is 1. The van der Waals surface area contributed by atoms with E-state index in [2.05, 4.69) is 5.32 Å². The smallest absolute Gasteiger partial charge is 0.325 e. The maximum Gasteiger partial charge on any atom is 0.325 e. The second kappa shape index (κ2) is 4.74. The van der Waals surface area contributed by atoms with E-state index >= 15 is 0 Å². The number of carbonyl (C=O) groups excluding carboxylic acids is 1. The Morgan fingerprint density at radius 3 is 2.56 bits per heavy atom. The molecule has 0 aliphatic carbocycles. The van der Waals surface area contributed by atoms with Crippen molar-refractivity contribution in [1.82, 2.24) is 5.32 Å². The predicted octanol–water partition coefficient (Wildman–Crippen LogP) is 1.34. The quantitative estimate of drug-likeness (QED) is 0.815. The van der Waals surface area contributed by atoms with E-state index in [9.17, 15) is 14.0 Å². The Morgan fingerprint density at radius 2 is 2.06 bits per heavy atom. The van der Waals surface area contributed by atoms with Gasteiger partial charge in [0.15, 0.2) is 0 Å². The van der Waals surface area contributed by atoms with Gasteiger partial charge < -0.3 is 10.4 Å². The Kier molecular flexibility index (Phi) is 3.60. The zero-order valence-corrected chi connectivity index (χ0v) is 8.95. The summed E-state index contributed by atoms with van der Waals surface area (Å²) in [5, 5.41) is 10.8. The van der Waals surface area contributed by atoms with Crippen LogP contribution in [0.25, 0.3) is 0 Å². The minimum atomic E-state index is -1.14. The fourth-order valence-electron chi connectivity index (χ4n) is 1.08. The summed E-state index contributed by atoms with van der Waals surface area (Å²) < 4.78 is 13.1. The molecule has 1 rings (SSSR count). The Labute approximate surface area is 92.1 Å². The van der Waals surface area contributed by atoms with Crippen LogP contribution in [0.4, 0.5) is 4.39 Å². The van der Waals surface area contributed by atoms with Gasteiger partial charge in [0.1, 0.15) is 11.9 Å². The molecule has 1 aromatic rings. The van der Waals surface area contributed by atoms with Crippen LogP contribution in [0.3, 0.4) is 0 Å². The van der Waals surface area contributed by atoms with Crippen LogP contribution in [0.2, 0.25) is 0 Å². The number of carboxylic acid groups (broad SMARTS) is 1. The van der Waals surface area contributed by atoms with Gasteiger partial charge >= 0.3 is 5.97 Å². The van der Waals surface area contributed by atoms with Gasteiger partial charge in [0.2, 0.25) is 0 Å². The Bertz CT molecular complexity index is 431. The highest BCUT2D eigenvalue weighted by Gasteiger charge is 2.15. The number of aryl methyl sites for hydroxylation is 1. The molecule has 2 N–H and O–H groups in total. The zero-order valence-electron chi connectivity index (χ0n) is 8.95. The molecule has 0 radical (unpaired) electrons. The van der Waals surface area contributed by atoms with Crippen molar-refractivity contribution in [3.63, 3.8) is 0 Å². The molecule has 0 spiro atoms. The summed E-state index contributed by atoms with van der Waals surface area (Å²) in [6, 6.07) is 2.99. The van der Waals surface area contributed by atoms with Gasteiger partial charge in [0.05, 0.1) is 0 Å². The first-order valence-electron chi connectivity index (χ1n) is 4.71. The van der Waals surface area contributed by atoms with Crippen LogP contribution >= 0.6 is 0 Å². The van der Waals surface area contributed by atoms with E-state index in [-0.39, 0.29) is 5.56 Å². The van der Waals surface area contributed by atoms with Gasteiger partial charge in [-0.15, -0.1) is 0 Å². The molecule has 0 fully saturated rings. The average molecular weight is 225 g/mol. The molecular weight excluding hydrogens is 213 g/mol. The summed E-state index contributed by atoms with van der Waals surface area (Å²) in [5.74, 6) is -2.23. The summed E-state index contributed by atoms with van der Waals surface area (Å²) in [6.45, 7) is 2.92. The Morgan fingerprint density at radius 1 is 1.44 bits per heavy atom. The average Bonchev–Trinajstić information content (AvgIpc) is 2.21. The standard InChI is InChI=1S/C11H12FNO3/c1-6-3-4-8(5-9(6)12)10(14)13-7(2)11(15)16/h3-5,7H,1-2H3,(H,13,14)(H,15,16)/t7-/m0/s1. The highest BCUT2D eigenvalue weighted by Crippen LogP contribution is 2.09. The number of halogens is 1.